The van der Waals surface area contributed by atoms with Crippen LogP contribution in [-0.2, 0) is 32.6 Å². The van der Waals surface area contributed by atoms with Crippen molar-refractivity contribution in [1.82, 2.24) is 10.2 Å². The molecule has 1 N–H and O–H groups in total. The molecule has 47 heavy (non-hydrogen) atoms. The Bertz CT molecular complexity index is 1760. The number of rotatable bonds is 12. The van der Waals surface area contributed by atoms with E-state index in [-0.39, 0.29) is 29.8 Å². The number of hydrogen-bond donors (Lipinski definition) is 1. The van der Waals surface area contributed by atoms with Crippen molar-refractivity contribution in [3.8, 4) is 0 Å². The molecule has 1 saturated carbocycles. The number of hydrogen-bond acceptors (Lipinski definition) is 4. The van der Waals surface area contributed by atoms with Crippen molar-refractivity contribution in [2.45, 2.75) is 75.9 Å². The number of amides is 2. The Morgan fingerprint density at radius 2 is 1.43 bits per heavy atom. The topological polar surface area (TPSA) is 86.8 Å². The third kappa shape index (κ3) is 9.02. The van der Waals surface area contributed by atoms with Crippen molar-refractivity contribution < 1.29 is 18.0 Å². The smallest absolute Gasteiger partial charge is 0.264 e. The number of nitrogens with one attached hydrogen (secondary N) is 1. The van der Waals surface area contributed by atoms with E-state index in [1.54, 1.807) is 54.6 Å². The van der Waals surface area contributed by atoms with Crippen molar-refractivity contribution >= 4 is 39.1 Å². The fourth-order valence-corrected chi connectivity index (χ4v) is 7.63. The lowest BCUT2D eigenvalue weighted by molar-refractivity contribution is -0.140. The maximum absolute atomic E-state index is 14.7. The number of nitrogens with zero attached hydrogens (tertiary/aromatic N) is 2. The quantitative estimate of drug-likeness (QED) is 0.172. The zero-order valence-electron chi connectivity index (χ0n) is 26.9. The molecule has 246 valence electrons. The lowest BCUT2D eigenvalue weighted by Crippen LogP contribution is -2.55. The number of carbonyl (C=O) groups is 2. The van der Waals surface area contributed by atoms with Gasteiger partial charge in [-0.15, -0.1) is 0 Å². The van der Waals surface area contributed by atoms with E-state index >= 15 is 0 Å². The van der Waals surface area contributed by atoms with Gasteiger partial charge in [-0.05, 0) is 74.2 Å². The molecule has 0 aromatic heterocycles. The Balaban J connectivity index is 1.56. The summed E-state index contributed by atoms with van der Waals surface area (Å²) in [5.41, 5.74) is 3.86. The fraction of sp³-hybridized carbons (Fsp3) is 0.316. The summed E-state index contributed by atoms with van der Waals surface area (Å²) in [6, 6.07) is 29.5. The molecule has 1 fully saturated rings. The van der Waals surface area contributed by atoms with E-state index in [2.05, 4.69) is 5.32 Å². The molecule has 0 radical (unpaired) electrons. The Morgan fingerprint density at radius 1 is 0.809 bits per heavy atom. The second-order valence-electron chi connectivity index (χ2n) is 12.4. The van der Waals surface area contributed by atoms with Gasteiger partial charge >= 0.3 is 0 Å². The van der Waals surface area contributed by atoms with E-state index in [9.17, 15) is 18.0 Å². The Hall–Kier alpha value is -4.14. The zero-order chi connectivity index (χ0) is 33.4. The van der Waals surface area contributed by atoms with Crippen molar-refractivity contribution in [3.63, 3.8) is 0 Å². The average molecular weight is 672 g/mol. The van der Waals surface area contributed by atoms with E-state index in [1.807, 2.05) is 62.4 Å². The Morgan fingerprint density at radius 3 is 2.06 bits per heavy atom. The van der Waals surface area contributed by atoms with Gasteiger partial charge in [0.25, 0.3) is 10.0 Å². The van der Waals surface area contributed by atoms with Crippen LogP contribution in [0, 0.1) is 13.8 Å². The molecule has 0 unspecified atom stereocenters. The second-order valence-corrected chi connectivity index (χ2v) is 14.7. The van der Waals surface area contributed by atoms with Crippen molar-refractivity contribution in [2.75, 3.05) is 10.8 Å². The first kappa shape index (κ1) is 34.2. The molecule has 7 nitrogen and oxygen atoms in total. The molecule has 5 rings (SSSR count). The van der Waals surface area contributed by atoms with E-state index < -0.39 is 28.5 Å². The van der Waals surface area contributed by atoms with Gasteiger partial charge in [0, 0.05) is 24.0 Å². The fourth-order valence-electron chi connectivity index (χ4n) is 6.01. The van der Waals surface area contributed by atoms with Crippen LogP contribution in [-0.4, -0.2) is 43.8 Å². The van der Waals surface area contributed by atoms with Crippen LogP contribution in [0.1, 0.15) is 54.4 Å². The van der Waals surface area contributed by atoms with Gasteiger partial charge in [-0.25, -0.2) is 8.42 Å². The van der Waals surface area contributed by atoms with Gasteiger partial charge in [-0.1, -0.05) is 109 Å². The number of aryl methyl sites for hydroxylation is 2. The molecule has 2 amide bonds. The number of sulfonamides is 1. The van der Waals surface area contributed by atoms with E-state index in [4.69, 9.17) is 11.6 Å². The number of halogens is 1. The summed E-state index contributed by atoms with van der Waals surface area (Å²) in [6.45, 7) is 3.37. The number of anilines is 1. The van der Waals surface area contributed by atoms with Crippen molar-refractivity contribution in [3.05, 3.63) is 130 Å². The first-order valence-corrected chi connectivity index (χ1v) is 18.0. The Kier molecular flexibility index (Phi) is 11.4. The first-order valence-electron chi connectivity index (χ1n) is 16.1. The average Bonchev–Trinajstić information content (AvgIpc) is 3.06. The van der Waals surface area contributed by atoms with Crippen LogP contribution in [0.5, 0.6) is 0 Å². The molecule has 1 aliphatic rings. The predicted molar refractivity (Wildman–Crippen MR) is 188 cm³/mol. The highest BCUT2D eigenvalue weighted by molar-refractivity contribution is 7.92. The number of carbonyl (C=O) groups excluding carboxylic acids is 2. The lowest BCUT2D eigenvalue weighted by Gasteiger charge is -2.35. The summed E-state index contributed by atoms with van der Waals surface area (Å²) >= 11 is 6.35. The standard InChI is InChI=1S/C38H42ClN3O4S/c1-28-16-20-34(21-17-28)42(47(45,46)35-22-18-29(2)19-23-35)27-37(43)41(26-31-12-9-13-32(39)24-31)36(25-30-10-5-3-6-11-30)38(44)40-33-14-7-4-8-15-33/h3,5-6,9-13,16-24,33,36H,4,7-8,14-15,25-27H2,1-2H3,(H,40,44)/t36-/m1/s1. The summed E-state index contributed by atoms with van der Waals surface area (Å²) in [6.07, 6.45) is 5.28. The molecule has 0 heterocycles. The van der Waals surface area contributed by atoms with Gasteiger partial charge < -0.3 is 10.2 Å². The van der Waals surface area contributed by atoms with E-state index in [0.29, 0.717) is 10.7 Å². The summed E-state index contributed by atoms with van der Waals surface area (Å²) in [4.78, 5) is 30.4. The SMILES string of the molecule is Cc1ccc(N(CC(=O)N(Cc2cccc(Cl)c2)[C@H](Cc2ccccc2)C(=O)NC2CCCCC2)S(=O)(=O)c2ccc(C)cc2)cc1. The molecule has 1 atom stereocenters. The highest BCUT2D eigenvalue weighted by Gasteiger charge is 2.35. The minimum atomic E-state index is -4.16. The molecule has 0 bridgehead atoms. The molecule has 0 aliphatic heterocycles. The monoisotopic (exact) mass is 671 g/mol. The van der Waals surface area contributed by atoms with Crippen LogP contribution in [0.3, 0.4) is 0 Å². The second kappa shape index (κ2) is 15.6. The van der Waals surface area contributed by atoms with Gasteiger partial charge in [0.1, 0.15) is 12.6 Å². The summed E-state index contributed by atoms with van der Waals surface area (Å²) in [5, 5.41) is 3.74. The molecule has 0 spiro atoms. The highest BCUT2D eigenvalue weighted by atomic mass is 35.5. The van der Waals surface area contributed by atoms with Crippen LogP contribution in [0.2, 0.25) is 5.02 Å². The molecule has 4 aromatic carbocycles. The lowest BCUT2D eigenvalue weighted by atomic mass is 9.94. The van der Waals surface area contributed by atoms with Crippen LogP contribution in [0.25, 0.3) is 0 Å². The van der Waals surface area contributed by atoms with Crippen LogP contribution in [0.15, 0.2) is 108 Å². The zero-order valence-corrected chi connectivity index (χ0v) is 28.5. The van der Waals surface area contributed by atoms with Crippen molar-refractivity contribution in [1.29, 1.82) is 0 Å². The minimum absolute atomic E-state index is 0.0311. The van der Waals surface area contributed by atoms with Crippen molar-refractivity contribution in [2.24, 2.45) is 0 Å². The minimum Gasteiger partial charge on any atom is -0.352 e. The number of benzene rings is 4. The summed E-state index contributed by atoms with van der Waals surface area (Å²) < 4.78 is 29.6. The molecule has 0 saturated heterocycles. The maximum Gasteiger partial charge on any atom is 0.264 e. The van der Waals surface area contributed by atoms with E-state index in [0.717, 1.165) is 58.7 Å². The normalized spacial score (nSPS) is 14.3. The Labute approximate surface area is 283 Å². The van der Waals surface area contributed by atoms with Gasteiger partial charge in [0.05, 0.1) is 10.6 Å². The third-order valence-electron chi connectivity index (χ3n) is 8.67. The largest absolute Gasteiger partial charge is 0.352 e. The van der Waals surface area contributed by atoms with Gasteiger partial charge in [-0.3, -0.25) is 13.9 Å². The first-order chi connectivity index (χ1) is 22.6. The van der Waals surface area contributed by atoms with Crippen LogP contribution < -0.4 is 9.62 Å². The molecular formula is C38H42ClN3O4S. The molecule has 9 heteroatoms. The van der Waals surface area contributed by atoms with Crippen LogP contribution >= 0.6 is 11.6 Å². The predicted octanol–water partition coefficient (Wildman–Crippen LogP) is 7.24. The van der Waals surface area contributed by atoms with E-state index in [1.165, 1.54) is 4.90 Å². The molecular weight excluding hydrogens is 630 g/mol. The summed E-state index contributed by atoms with van der Waals surface area (Å²) in [5.74, 6) is -0.750. The summed E-state index contributed by atoms with van der Waals surface area (Å²) in [7, 11) is -4.16. The van der Waals surface area contributed by atoms with Gasteiger partial charge in [0.15, 0.2) is 0 Å². The maximum atomic E-state index is 14.7. The van der Waals surface area contributed by atoms with Crippen LogP contribution in [0.4, 0.5) is 5.69 Å². The van der Waals surface area contributed by atoms with Gasteiger partial charge in [-0.2, -0.15) is 0 Å². The molecule has 4 aromatic rings. The highest BCUT2D eigenvalue weighted by Crippen LogP contribution is 2.26. The molecule has 1 aliphatic carbocycles. The third-order valence-corrected chi connectivity index (χ3v) is 10.7. The van der Waals surface area contributed by atoms with Gasteiger partial charge in [0.2, 0.25) is 11.8 Å².